The molecule has 0 radical (unpaired) electrons. The Balaban J connectivity index is 1.70. The summed E-state index contributed by atoms with van der Waals surface area (Å²) in [7, 11) is 1.54. The van der Waals surface area contributed by atoms with Gasteiger partial charge >= 0.3 is 0 Å². The van der Waals surface area contributed by atoms with E-state index in [0.29, 0.717) is 11.3 Å². The van der Waals surface area contributed by atoms with Gasteiger partial charge < -0.3 is 13.7 Å². The van der Waals surface area contributed by atoms with Crippen molar-refractivity contribution in [1.29, 1.82) is 0 Å². The molecule has 0 aliphatic carbocycles. The van der Waals surface area contributed by atoms with E-state index >= 15 is 0 Å². The first kappa shape index (κ1) is 16.8. The van der Waals surface area contributed by atoms with Crippen LogP contribution in [0.25, 0.3) is 16.8 Å². The maximum absolute atomic E-state index is 13.7. The number of furan rings is 1. The number of rotatable bonds is 5. The Morgan fingerprint density at radius 2 is 2.04 bits per heavy atom. The molecule has 0 aliphatic heterocycles. The second-order valence-electron chi connectivity index (χ2n) is 5.87. The first-order valence-electron chi connectivity index (χ1n) is 8.22. The predicted octanol–water partition coefficient (Wildman–Crippen LogP) is 4.51. The average molecular weight is 362 g/mol. The third-order valence-corrected chi connectivity index (χ3v) is 4.18. The number of carbonyl (C=O) groups excluding carboxylic acids is 1. The molecule has 2 heterocycles. The van der Waals surface area contributed by atoms with Gasteiger partial charge in [0, 0.05) is 17.4 Å². The minimum absolute atomic E-state index is 0.235. The fraction of sp³-hybridized carbons (Fsp3) is 0.0476. The molecule has 0 aliphatic rings. The van der Waals surface area contributed by atoms with Crippen LogP contribution in [0.4, 0.5) is 4.39 Å². The summed E-state index contributed by atoms with van der Waals surface area (Å²) in [5, 5.41) is 0. The van der Waals surface area contributed by atoms with E-state index < -0.39 is 0 Å². The molecule has 2 aromatic carbocycles. The van der Waals surface area contributed by atoms with E-state index in [1.54, 1.807) is 42.4 Å². The van der Waals surface area contributed by atoms with Gasteiger partial charge in [0.2, 0.25) is 5.78 Å². The van der Waals surface area contributed by atoms with Gasteiger partial charge in [0.15, 0.2) is 5.76 Å². The summed E-state index contributed by atoms with van der Waals surface area (Å²) < 4.78 is 25.9. The summed E-state index contributed by atoms with van der Waals surface area (Å²) in [6.07, 6.45) is 4.63. The van der Waals surface area contributed by atoms with Crippen LogP contribution in [0, 0.1) is 5.82 Å². The molecule has 6 heteroatoms. The number of hydrogen-bond acceptors (Lipinski definition) is 4. The summed E-state index contributed by atoms with van der Waals surface area (Å²) in [5.41, 5.74) is 2.49. The van der Waals surface area contributed by atoms with Gasteiger partial charge in [-0.2, -0.15) is 0 Å². The number of aromatic nitrogens is 2. The van der Waals surface area contributed by atoms with Crippen LogP contribution in [-0.2, 0) is 0 Å². The molecule has 0 atom stereocenters. The zero-order valence-electron chi connectivity index (χ0n) is 14.4. The van der Waals surface area contributed by atoms with Gasteiger partial charge in [-0.05, 0) is 48.0 Å². The van der Waals surface area contributed by atoms with E-state index in [9.17, 15) is 9.18 Å². The second kappa shape index (κ2) is 6.92. The number of carbonyl (C=O) groups is 1. The van der Waals surface area contributed by atoms with Crippen LogP contribution in [0.3, 0.4) is 0 Å². The second-order valence-corrected chi connectivity index (χ2v) is 5.87. The summed E-state index contributed by atoms with van der Waals surface area (Å²) in [6, 6.07) is 15.1. The normalized spacial score (nSPS) is 10.7. The topological polar surface area (TPSA) is 57.3 Å². The molecule has 0 spiro atoms. The summed E-state index contributed by atoms with van der Waals surface area (Å²) in [6.45, 7) is 0. The average Bonchev–Trinajstić information content (AvgIpc) is 3.40. The van der Waals surface area contributed by atoms with Crippen molar-refractivity contribution in [3.8, 4) is 22.6 Å². The highest BCUT2D eigenvalue weighted by Gasteiger charge is 2.15. The fourth-order valence-corrected chi connectivity index (χ4v) is 2.86. The molecular formula is C21H15FN2O3. The fourth-order valence-electron chi connectivity index (χ4n) is 2.86. The largest absolute Gasteiger partial charge is 0.496 e. The van der Waals surface area contributed by atoms with Crippen LogP contribution in [0.15, 0.2) is 77.8 Å². The smallest absolute Gasteiger partial charge is 0.248 e. The number of hydrogen-bond donors (Lipinski definition) is 0. The Labute approximate surface area is 154 Å². The Bertz CT molecular complexity index is 1100. The van der Waals surface area contributed by atoms with E-state index in [1.165, 1.54) is 18.4 Å². The molecule has 27 heavy (non-hydrogen) atoms. The summed E-state index contributed by atoms with van der Waals surface area (Å²) in [4.78, 5) is 16.5. The van der Waals surface area contributed by atoms with Crippen LogP contribution >= 0.6 is 0 Å². The lowest BCUT2D eigenvalue weighted by Crippen LogP contribution is -1.99. The lowest BCUT2D eigenvalue weighted by molar-refractivity contribution is 0.100. The Morgan fingerprint density at radius 1 is 1.15 bits per heavy atom. The molecule has 0 N–H and O–H groups in total. The lowest BCUT2D eigenvalue weighted by atomic mass is 10.0. The van der Waals surface area contributed by atoms with Gasteiger partial charge in [-0.15, -0.1) is 0 Å². The molecular weight excluding hydrogens is 347 g/mol. The molecule has 0 unspecified atom stereocenters. The monoisotopic (exact) mass is 362 g/mol. The summed E-state index contributed by atoms with van der Waals surface area (Å²) >= 11 is 0. The molecule has 0 saturated carbocycles. The zero-order valence-corrected chi connectivity index (χ0v) is 14.4. The highest BCUT2D eigenvalue weighted by molar-refractivity contribution is 6.05. The van der Waals surface area contributed by atoms with Crippen molar-refractivity contribution >= 4 is 5.78 Å². The predicted molar refractivity (Wildman–Crippen MR) is 97.7 cm³/mol. The number of halogens is 1. The number of nitrogens with zero attached hydrogens (tertiary/aromatic N) is 2. The zero-order chi connectivity index (χ0) is 18.8. The van der Waals surface area contributed by atoms with Crippen LogP contribution < -0.4 is 4.74 Å². The van der Waals surface area contributed by atoms with Crippen molar-refractivity contribution in [2.75, 3.05) is 7.11 Å². The quantitative estimate of drug-likeness (QED) is 0.490. The van der Waals surface area contributed by atoms with Gasteiger partial charge in [0.05, 0.1) is 13.4 Å². The van der Waals surface area contributed by atoms with Gasteiger partial charge in [0.25, 0.3) is 0 Å². The number of benzene rings is 2. The van der Waals surface area contributed by atoms with Crippen LogP contribution in [0.1, 0.15) is 16.2 Å². The molecule has 0 fully saturated rings. The maximum Gasteiger partial charge on any atom is 0.248 e. The van der Waals surface area contributed by atoms with E-state index in [4.69, 9.17) is 9.15 Å². The SMILES string of the molecule is COc1ccc(F)cc1-c1cccc(-n2cnc(C(=O)c3ccco3)c2)c1. The number of imidazole rings is 1. The van der Waals surface area contributed by atoms with E-state index in [-0.39, 0.29) is 23.1 Å². The highest BCUT2D eigenvalue weighted by atomic mass is 19.1. The number of ketones is 1. The van der Waals surface area contributed by atoms with Crippen LogP contribution in [0.2, 0.25) is 0 Å². The highest BCUT2D eigenvalue weighted by Crippen LogP contribution is 2.31. The summed E-state index contributed by atoms with van der Waals surface area (Å²) in [5.74, 6) is 0.179. The van der Waals surface area contributed by atoms with Gasteiger partial charge in [0.1, 0.15) is 23.6 Å². The first-order valence-corrected chi connectivity index (χ1v) is 8.22. The molecule has 2 aromatic heterocycles. The first-order chi connectivity index (χ1) is 13.2. The van der Waals surface area contributed by atoms with E-state index in [2.05, 4.69) is 4.98 Å². The standard InChI is InChI=1S/C21H15FN2O3/c1-26-19-8-7-15(22)11-17(19)14-4-2-5-16(10-14)24-12-18(23-13-24)21(25)20-6-3-9-27-20/h2-13H,1H3. The minimum atomic E-state index is -0.342. The molecule has 4 rings (SSSR count). The van der Waals surface area contributed by atoms with Crippen molar-refractivity contribution in [3.05, 3.63) is 90.7 Å². The Kier molecular flexibility index (Phi) is 4.30. The molecule has 5 nitrogen and oxygen atoms in total. The molecule has 0 bridgehead atoms. The van der Waals surface area contributed by atoms with Crippen molar-refractivity contribution in [2.24, 2.45) is 0 Å². The maximum atomic E-state index is 13.7. The minimum Gasteiger partial charge on any atom is -0.496 e. The molecule has 4 aromatic rings. The molecule has 0 saturated heterocycles. The van der Waals surface area contributed by atoms with Gasteiger partial charge in [-0.25, -0.2) is 9.37 Å². The lowest BCUT2D eigenvalue weighted by Gasteiger charge is -2.10. The van der Waals surface area contributed by atoms with Crippen molar-refractivity contribution in [2.45, 2.75) is 0 Å². The number of methoxy groups -OCH3 is 1. The third kappa shape index (κ3) is 3.25. The number of ether oxygens (including phenoxy) is 1. The Hall–Kier alpha value is -3.67. The van der Waals surface area contributed by atoms with Crippen molar-refractivity contribution < 1.29 is 18.3 Å². The van der Waals surface area contributed by atoms with Crippen LogP contribution in [0.5, 0.6) is 5.75 Å². The van der Waals surface area contributed by atoms with Gasteiger partial charge in [-0.1, -0.05) is 12.1 Å². The van der Waals surface area contributed by atoms with Gasteiger partial charge in [-0.3, -0.25) is 4.79 Å². The van der Waals surface area contributed by atoms with E-state index in [1.807, 2.05) is 24.3 Å². The van der Waals surface area contributed by atoms with E-state index in [0.717, 1.165) is 11.3 Å². The van der Waals surface area contributed by atoms with Crippen molar-refractivity contribution in [3.63, 3.8) is 0 Å². The van der Waals surface area contributed by atoms with Crippen LogP contribution in [-0.4, -0.2) is 22.4 Å². The molecule has 134 valence electrons. The Morgan fingerprint density at radius 3 is 2.81 bits per heavy atom. The van der Waals surface area contributed by atoms with Crippen molar-refractivity contribution in [1.82, 2.24) is 9.55 Å². The third-order valence-electron chi connectivity index (χ3n) is 4.18. The molecule has 0 amide bonds.